The Bertz CT molecular complexity index is 773. The lowest BCUT2D eigenvalue weighted by molar-refractivity contribution is 0.573. The summed E-state index contributed by atoms with van der Waals surface area (Å²) < 4.78 is 52.0. The van der Waals surface area contributed by atoms with Gasteiger partial charge in [-0.2, -0.15) is 5.10 Å². The average molecular weight is 326 g/mol. The smallest absolute Gasteiger partial charge is 0.157 e. The van der Waals surface area contributed by atoms with E-state index in [1.807, 2.05) is 0 Å². The average Bonchev–Trinajstić information content (AvgIpc) is 3.07. The van der Waals surface area contributed by atoms with Gasteiger partial charge in [-0.3, -0.25) is 5.10 Å². The molecule has 0 spiro atoms. The van der Waals surface area contributed by atoms with E-state index in [1.165, 1.54) is 0 Å². The molecule has 7 heteroatoms. The number of sulfone groups is 1. The number of rotatable bonds is 5. The van der Waals surface area contributed by atoms with Crippen LogP contribution < -0.4 is 0 Å². The van der Waals surface area contributed by atoms with Crippen LogP contribution in [0.15, 0.2) is 24.5 Å². The molecule has 0 radical (unpaired) electrons. The van der Waals surface area contributed by atoms with Crippen LogP contribution in [0.25, 0.3) is 0 Å². The molecule has 0 amide bonds. The summed E-state index contributed by atoms with van der Waals surface area (Å²) in [6.07, 6.45) is 5.11. The third-order valence-electron chi connectivity index (χ3n) is 4.08. The van der Waals surface area contributed by atoms with Crippen molar-refractivity contribution < 1.29 is 17.2 Å². The monoisotopic (exact) mass is 326 g/mol. The Morgan fingerprint density at radius 3 is 2.86 bits per heavy atom. The van der Waals surface area contributed by atoms with Crippen LogP contribution in [0.2, 0.25) is 0 Å². The van der Waals surface area contributed by atoms with Gasteiger partial charge >= 0.3 is 0 Å². The Hall–Kier alpha value is -1.76. The summed E-state index contributed by atoms with van der Waals surface area (Å²) >= 11 is 0. The predicted octanol–water partition coefficient (Wildman–Crippen LogP) is 2.72. The van der Waals surface area contributed by atoms with Crippen molar-refractivity contribution in [2.75, 3.05) is 5.75 Å². The minimum Gasteiger partial charge on any atom is -0.285 e. The number of benzene rings is 1. The maximum Gasteiger partial charge on any atom is 0.157 e. The first-order valence-electron chi connectivity index (χ1n) is 7.14. The van der Waals surface area contributed by atoms with Gasteiger partial charge in [0.1, 0.15) is 11.6 Å². The molecule has 1 aromatic carbocycles. The largest absolute Gasteiger partial charge is 0.285 e. The molecule has 0 aliphatic heterocycles. The van der Waals surface area contributed by atoms with Gasteiger partial charge in [0.2, 0.25) is 0 Å². The van der Waals surface area contributed by atoms with E-state index in [4.69, 9.17) is 0 Å². The van der Waals surface area contributed by atoms with Crippen molar-refractivity contribution in [3.05, 3.63) is 52.9 Å². The van der Waals surface area contributed by atoms with Gasteiger partial charge < -0.3 is 0 Å². The van der Waals surface area contributed by atoms with Gasteiger partial charge in [0, 0.05) is 12.3 Å². The van der Waals surface area contributed by atoms with Crippen molar-refractivity contribution >= 4 is 9.84 Å². The van der Waals surface area contributed by atoms with Crippen molar-refractivity contribution in [2.45, 2.75) is 30.9 Å². The molecule has 0 bridgehead atoms. The Morgan fingerprint density at radius 2 is 2.14 bits per heavy atom. The minimum atomic E-state index is -3.42. The van der Waals surface area contributed by atoms with Crippen LogP contribution >= 0.6 is 0 Å². The lowest BCUT2D eigenvalue weighted by Crippen LogP contribution is -2.15. The molecule has 1 aromatic heterocycles. The van der Waals surface area contributed by atoms with Crippen LogP contribution in [0.1, 0.15) is 34.8 Å². The highest BCUT2D eigenvalue weighted by atomic mass is 32.2. The summed E-state index contributed by atoms with van der Waals surface area (Å²) in [6.45, 7) is 0. The van der Waals surface area contributed by atoms with Gasteiger partial charge in [-0.05, 0) is 48.4 Å². The third-order valence-corrected chi connectivity index (χ3v) is 6.30. The SMILES string of the molecule is O=S(=O)(CCCc1cn[nH]c1)[C@H]1CCc2c(F)cc(F)cc21. The third kappa shape index (κ3) is 2.90. The number of nitrogens with one attached hydrogen (secondary N) is 1. The van der Waals surface area contributed by atoms with E-state index in [-0.39, 0.29) is 5.75 Å². The molecule has 0 saturated carbocycles. The number of aromatic amines is 1. The van der Waals surface area contributed by atoms with Crippen molar-refractivity contribution in [3.63, 3.8) is 0 Å². The highest BCUT2D eigenvalue weighted by Crippen LogP contribution is 2.39. The van der Waals surface area contributed by atoms with Gasteiger partial charge in [0.15, 0.2) is 9.84 Å². The molecular formula is C15H16F2N2O2S. The van der Waals surface area contributed by atoms with Crippen LogP contribution in [0, 0.1) is 11.6 Å². The second-order valence-electron chi connectivity index (χ2n) is 5.56. The number of hydrogen-bond donors (Lipinski definition) is 1. The van der Waals surface area contributed by atoms with Crippen LogP contribution in [0.5, 0.6) is 0 Å². The molecular weight excluding hydrogens is 310 g/mol. The molecule has 118 valence electrons. The highest BCUT2D eigenvalue weighted by molar-refractivity contribution is 7.91. The Labute approximate surface area is 127 Å². The molecule has 1 N–H and O–H groups in total. The topological polar surface area (TPSA) is 62.8 Å². The predicted molar refractivity (Wildman–Crippen MR) is 78.1 cm³/mol. The first-order chi connectivity index (χ1) is 10.5. The molecule has 1 atom stereocenters. The van der Waals surface area contributed by atoms with Gasteiger partial charge in [0.25, 0.3) is 0 Å². The van der Waals surface area contributed by atoms with E-state index in [0.717, 1.165) is 17.7 Å². The maximum absolute atomic E-state index is 13.7. The number of nitrogens with zero attached hydrogens (tertiary/aromatic N) is 1. The Morgan fingerprint density at radius 1 is 1.32 bits per heavy atom. The fourth-order valence-corrected chi connectivity index (χ4v) is 4.92. The van der Waals surface area contributed by atoms with E-state index in [2.05, 4.69) is 10.2 Å². The number of halogens is 2. The molecule has 2 aromatic rings. The van der Waals surface area contributed by atoms with Gasteiger partial charge in [-0.1, -0.05) is 0 Å². The number of aryl methyl sites for hydroxylation is 1. The molecule has 1 aliphatic carbocycles. The number of fused-ring (bicyclic) bond motifs is 1. The Kier molecular flexibility index (Phi) is 3.99. The van der Waals surface area contributed by atoms with Crippen molar-refractivity contribution in [1.82, 2.24) is 10.2 Å². The highest BCUT2D eigenvalue weighted by Gasteiger charge is 2.35. The lowest BCUT2D eigenvalue weighted by Gasteiger charge is -2.13. The van der Waals surface area contributed by atoms with Gasteiger partial charge in [-0.15, -0.1) is 0 Å². The summed E-state index contributed by atoms with van der Waals surface area (Å²) in [4.78, 5) is 0. The van der Waals surface area contributed by atoms with Crippen LogP contribution in [-0.4, -0.2) is 24.4 Å². The molecule has 3 rings (SSSR count). The zero-order valence-electron chi connectivity index (χ0n) is 11.9. The second-order valence-corrected chi connectivity index (χ2v) is 7.86. The zero-order valence-corrected chi connectivity index (χ0v) is 12.7. The summed E-state index contributed by atoms with van der Waals surface area (Å²) in [5, 5.41) is 5.69. The molecule has 22 heavy (non-hydrogen) atoms. The van der Waals surface area contributed by atoms with Gasteiger partial charge in [0.05, 0.1) is 17.2 Å². The van der Waals surface area contributed by atoms with Crippen molar-refractivity contribution in [3.8, 4) is 0 Å². The molecule has 0 fully saturated rings. The normalized spacial score (nSPS) is 17.6. The maximum atomic E-state index is 13.7. The van der Waals surface area contributed by atoms with E-state index in [0.29, 0.717) is 36.8 Å². The van der Waals surface area contributed by atoms with E-state index < -0.39 is 26.7 Å². The zero-order chi connectivity index (χ0) is 15.7. The number of H-pyrrole nitrogens is 1. The summed E-state index contributed by atoms with van der Waals surface area (Å²) in [7, 11) is -3.42. The summed E-state index contributed by atoms with van der Waals surface area (Å²) in [5.74, 6) is -1.37. The fraction of sp³-hybridized carbons (Fsp3) is 0.400. The molecule has 0 saturated heterocycles. The van der Waals surface area contributed by atoms with Crippen LogP contribution in [0.4, 0.5) is 8.78 Å². The van der Waals surface area contributed by atoms with Crippen LogP contribution in [-0.2, 0) is 22.7 Å². The minimum absolute atomic E-state index is 0.000416. The van der Waals surface area contributed by atoms with Crippen molar-refractivity contribution in [2.24, 2.45) is 0 Å². The lowest BCUT2D eigenvalue weighted by atomic mass is 10.1. The van der Waals surface area contributed by atoms with E-state index in [1.54, 1.807) is 12.4 Å². The van der Waals surface area contributed by atoms with Crippen LogP contribution in [0.3, 0.4) is 0 Å². The molecule has 1 heterocycles. The van der Waals surface area contributed by atoms with Crippen molar-refractivity contribution in [1.29, 1.82) is 0 Å². The number of aromatic nitrogens is 2. The summed E-state index contributed by atoms with van der Waals surface area (Å²) in [6, 6.07) is 1.97. The molecule has 4 nitrogen and oxygen atoms in total. The first-order valence-corrected chi connectivity index (χ1v) is 8.86. The van der Waals surface area contributed by atoms with Gasteiger partial charge in [-0.25, -0.2) is 17.2 Å². The Balaban J connectivity index is 1.74. The van der Waals surface area contributed by atoms with E-state index >= 15 is 0 Å². The fourth-order valence-electron chi connectivity index (χ4n) is 3.01. The standard InChI is InChI=1S/C15H16F2N2O2S/c16-11-6-13-12(14(17)7-11)3-4-15(13)22(20,21)5-1-2-10-8-18-19-9-10/h6-9,15H,1-5H2,(H,18,19)/t15-/m0/s1. The molecule has 0 unspecified atom stereocenters. The quantitative estimate of drug-likeness (QED) is 0.919. The molecule has 1 aliphatic rings. The first kappa shape index (κ1) is 15.1. The summed E-state index contributed by atoms with van der Waals surface area (Å²) in [5.41, 5.74) is 1.57. The second kappa shape index (κ2) is 5.79. The van der Waals surface area contributed by atoms with E-state index in [9.17, 15) is 17.2 Å². The number of hydrogen-bond acceptors (Lipinski definition) is 3.